The second kappa shape index (κ2) is 8.55. The lowest BCUT2D eigenvalue weighted by Gasteiger charge is -2.12. The van der Waals surface area contributed by atoms with Crippen LogP contribution in [0.3, 0.4) is 0 Å². The number of ether oxygens (including phenoxy) is 1. The molecule has 0 bridgehead atoms. The van der Waals surface area contributed by atoms with Crippen LogP contribution in [0, 0.1) is 6.92 Å². The molecule has 0 unspecified atom stereocenters. The maximum absolute atomic E-state index is 13.4. The van der Waals surface area contributed by atoms with Gasteiger partial charge in [-0.05, 0) is 54.3 Å². The molecule has 35 heavy (non-hydrogen) atoms. The van der Waals surface area contributed by atoms with Crippen molar-refractivity contribution in [1.82, 2.24) is 19.3 Å². The quantitative estimate of drug-likeness (QED) is 0.352. The summed E-state index contributed by atoms with van der Waals surface area (Å²) in [4.78, 5) is 30.8. The molecule has 0 aliphatic rings. The number of halogens is 3. The number of para-hydroxylation sites is 1. The molecule has 5 aromatic rings. The Labute approximate surface area is 198 Å². The van der Waals surface area contributed by atoms with E-state index in [0.717, 1.165) is 22.3 Å². The third-order valence-corrected chi connectivity index (χ3v) is 6.11. The summed E-state index contributed by atoms with van der Waals surface area (Å²) in [6.45, 7) is 1.69. The average Bonchev–Trinajstić information content (AvgIpc) is 3.47. The van der Waals surface area contributed by atoms with E-state index in [1.165, 1.54) is 28.0 Å². The van der Waals surface area contributed by atoms with Gasteiger partial charge in [-0.15, -0.1) is 24.5 Å². The van der Waals surface area contributed by atoms with Crippen LogP contribution in [0.4, 0.5) is 13.2 Å². The average molecular weight is 500 g/mol. The molecule has 3 aromatic heterocycles. The number of hydrogen-bond acceptors (Lipinski definition) is 7. The highest BCUT2D eigenvalue weighted by Crippen LogP contribution is 2.26. The first kappa shape index (κ1) is 22.6. The number of alkyl halides is 3. The Hall–Kier alpha value is -4.19. The van der Waals surface area contributed by atoms with Gasteiger partial charge in [0.2, 0.25) is 11.7 Å². The van der Waals surface area contributed by atoms with E-state index < -0.39 is 17.6 Å². The van der Waals surface area contributed by atoms with E-state index in [4.69, 9.17) is 4.52 Å². The Bertz CT molecular complexity index is 1650. The molecular weight excluding hydrogens is 485 g/mol. The predicted molar refractivity (Wildman–Crippen MR) is 122 cm³/mol. The molecule has 5 rings (SSSR count). The van der Waals surface area contributed by atoms with E-state index in [2.05, 4.69) is 14.9 Å². The molecule has 0 spiro atoms. The predicted octanol–water partition coefficient (Wildman–Crippen LogP) is 4.52. The Balaban J connectivity index is 1.52. The zero-order chi connectivity index (χ0) is 24.7. The zero-order valence-electron chi connectivity index (χ0n) is 17.9. The number of fused-ring (bicyclic) bond motifs is 1. The largest absolute Gasteiger partial charge is 0.573 e. The van der Waals surface area contributed by atoms with Gasteiger partial charge < -0.3 is 9.26 Å². The molecule has 0 aliphatic carbocycles. The minimum atomic E-state index is -4.80. The van der Waals surface area contributed by atoms with Gasteiger partial charge in [-0.3, -0.25) is 9.36 Å². The highest BCUT2D eigenvalue weighted by atomic mass is 32.1. The number of nitrogens with zero attached hydrogens (tertiary/aromatic N) is 4. The summed E-state index contributed by atoms with van der Waals surface area (Å²) in [5.74, 6) is -0.171. The topological polar surface area (TPSA) is 92.2 Å². The van der Waals surface area contributed by atoms with Crippen LogP contribution in [-0.4, -0.2) is 25.6 Å². The Morgan fingerprint density at radius 1 is 1.06 bits per heavy atom. The van der Waals surface area contributed by atoms with Gasteiger partial charge in [-0.25, -0.2) is 9.36 Å². The number of benzene rings is 2. The van der Waals surface area contributed by atoms with E-state index in [-0.39, 0.29) is 24.0 Å². The van der Waals surface area contributed by atoms with Gasteiger partial charge in [0.15, 0.2) is 0 Å². The fourth-order valence-corrected chi connectivity index (χ4v) is 4.47. The van der Waals surface area contributed by atoms with Crippen molar-refractivity contribution < 1.29 is 22.4 Å². The monoisotopic (exact) mass is 500 g/mol. The highest BCUT2D eigenvalue weighted by molar-refractivity contribution is 7.17. The molecule has 178 valence electrons. The second-order valence-electron chi connectivity index (χ2n) is 7.51. The van der Waals surface area contributed by atoms with Gasteiger partial charge >= 0.3 is 12.1 Å². The SMILES string of the molecule is Cc1ccccc1-n1c(=O)c2sccc2n(Cc2nc(-c3ccc(OC(F)(F)F)cc3)no2)c1=O. The molecule has 0 atom stereocenters. The van der Waals surface area contributed by atoms with E-state index in [9.17, 15) is 22.8 Å². The standard InChI is InChI=1S/C23H15F3N4O4S/c1-13-4-2-3-5-16(13)30-21(31)19-17(10-11-35-19)29(22(30)32)12-18-27-20(28-34-18)14-6-8-15(9-7-14)33-23(24,25)26/h2-11H,12H2,1H3. The molecule has 0 fully saturated rings. The smallest absolute Gasteiger partial charge is 0.406 e. The van der Waals surface area contributed by atoms with Gasteiger partial charge in [0.05, 0.1) is 11.2 Å². The van der Waals surface area contributed by atoms with Gasteiger partial charge in [0.1, 0.15) is 17.0 Å². The fraction of sp³-hybridized carbons (Fsp3) is 0.130. The Kier molecular flexibility index (Phi) is 5.52. The molecule has 0 N–H and O–H groups in total. The Morgan fingerprint density at radius 3 is 2.51 bits per heavy atom. The number of aryl methyl sites for hydroxylation is 1. The maximum atomic E-state index is 13.4. The summed E-state index contributed by atoms with van der Waals surface area (Å²) in [6.07, 6.45) is -4.80. The molecule has 2 aromatic carbocycles. The van der Waals surface area contributed by atoms with Gasteiger partial charge in [-0.2, -0.15) is 4.98 Å². The third kappa shape index (κ3) is 4.35. The number of rotatable bonds is 5. The molecular formula is C23H15F3N4O4S. The molecule has 12 heteroatoms. The molecule has 0 saturated heterocycles. The molecule has 8 nitrogen and oxygen atoms in total. The van der Waals surface area contributed by atoms with Crippen molar-refractivity contribution in [2.45, 2.75) is 19.8 Å². The van der Waals surface area contributed by atoms with Crippen LogP contribution >= 0.6 is 11.3 Å². The van der Waals surface area contributed by atoms with E-state index in [1.54, 1.807) is 36.6 Å². The maximum Gasteiger partial charge on any atom is 0.573 e. The van der Waals surface area contributed by atoms with Crippen molar-refractivity contribution in [3.05, 3.63) is 92.3 Å². The van der Waals surface area contributed by atoms with Gasteiger partial charge in [0.25, 0.3) is 5.56 Å². The van der Waals surface area contributed by atoms with Crippen molar-refractivity contribution in [2.75, 3.05) is 0 Å². The van der Waals surface area contributed by atoms with Crippen LogP contribution in [0.1, 0.15) is 11.5 Å². The van der Waals surface area contributed by atoms with Crippen molar-refractivity contribution in [1.29, 1.82) is 0 Å². The van der Waals surface area contributed by atoms with Crippen molar-refractivity contribution >= 4 is 21.6 Å². The fourth-order valence-electron chi connectivity index (χ4n) is 3.64. The van der Waals surface area contributed by atoms with Crippen LogP contribution in [-0.2, 0) is 6.54 Å². The van der Waals surface area contributed by atoms with Gasteiger partial charge in [0, 0.05) is 5.56 Å². The van der Waals surface area contributed by atoms with Crippen molar-refractivity contribution in [3.63, 3.8) is 0 Å². The summed E-state index contributed by atoms with van der Waals surface area (Å²) in [6, 6.07) is 13.7. The molecule has 0 radical (unpaired) electrons. The van der Waals surface area contributed by atoms with Crippen molar-refractivity contribution in [3.8, 4) is 22.8 Å². The highest BCUT2D eigenvalue weighted by Gasteiger charge is 2.31. The number of hydrogen-bond donors (Lipinski definition) is 0. The molecule has 0 aliphatic heterocycles. The minimum absolute atomic E-state index is 0.0835. The van der Waals surface area contributed by atoms with E-state index in [0.29, 0.717) is 21.5 Å². The summed E-state index contributed by atoms with van der Waals surface area (Å²) in [7, 11) is 0. The minimum Gasteiger partial charge on any atom is -0.406 e. The zero-order valence-corrected chi connectivity index (χ0v) is 18.8. The van der Waals surface area contributed by atoms with Crippen LogP contribution in [0.5, 0.6) is 5.75 Å². The lowest BCUT2D eigenvalue weighted by atomic mass is 10.2. The number of aromatic nitrogens is 4. The summed E-state index contributed by atoms with van der Waals surface area (Å²) >= 11 is 1.22. The normalized spacial score (nSPS) is 11.8. The third-order valence-electron chi connectivity index (χ3n) is 5.22. The summed E-state index contributed by atoms with van der Waals surface area (Å²) < 4.78 is 49.1. The van der Waals surface area contributed by atoms with Crippen LogP contribution < -0.4 is 16.0 Å². The van der Waals surface area contributed by atoms with Crippen LogP contribution in [0.25, 0.3) is 27.3 Å². The summed E-state index contributed by atoms with van der Waals surface area (Å²) in [5.41, 5.74) is 1.07. The first-order valence-corrected chi connectivity index (χ1v) is 11.1. The summed E-state index contributed by atoms with van der Waals surface area (Å²) in [5, 5.41) is 5.58. The van der Waals surface area contributed by atoms with E-state index in [1.807, 2.05) is 6.07 Å². The lowest BCUT2D eigenvalue weighted by molar-refractivity contribution is -0.274. The van der Waals surface area contributed by atoms with Gasteiger partial charge in [-0.1, -0.05) is 23.4 Å². The lowest BCUT2D eigenvalue weighted by Crippen LogP contribution is -2.39. The first-order valence-electron chi connectivity index (χ1n) is 10.2. The van der Waals surface area contributed by atoms with E-state index >= 15 is 0 Å². The first-order chi connectivity index (χ1) is 16.7. The molecule has 0 amide bonds. The van der Waals surface area contributed by atoms with Crippen LogP contribution in [0.15, 0.2) is 74.1 Å². The number of thiophene rings is 1. The van der Waals surface area contributed by atoms with Crippen LogP contribution in [0.2, 0.25) is 0 Å². The second-order valence-corrected chi connectivity index (χ2v) is 8.43. The molecule has 3 heterocycles. The Morgan fingerprint density at radius 2 is 1.80 bits per heavy atom. The van der Waals surface area contributed by atoms with Crippen molar-refractivity contribution in [2.24, 2.45) is 0 Å². The molecule has 0 saturated carbocycles.